The molecule has 0 atom stereocenters. The van der Waals surface area contributed by atoms with Crippen molar-refractivity contribution < 1.29 is 4.42 Å². The summed E-state index contributed by atoms with van der Waals surface area (Å²) in [5.74, 6) is 0. The van der Waals surface area contributed by atoms with E-state index in [1.165, 1.54) is 32.6 Å². The maximum absolute atomic E-state index is 6.63. The van der Waals surface area contributed by atoms with Gasteiger partial charge in [-0.05, 0) is 54.6 Å². The van der Waals surface area contributed by atoms with Crippen molar-refractivity contribution in [1.82, 2.24) is 14.1 Å². The summed E-state index contributed by atoms with van der Waals surface area (Å²) >= 11 is 0. The Morgan fingerprint density at radius 2 is 1.02 bits per heavy atom. The molecule has 45 heavy (non-hydrogen) atoms. The maximum atomic E-state index is 6.63. The molecule has 0 radical (unpaired) electrons. The molecule has 10 rings (SSSR count). The van der Waals surface area contributed by atoms with Crippen LogP contribution in [0, 0.1) is 0 Å². The van der Waals surface area contributed by atoms with Crippen molar-refractivity contribution in [3.05, 3.63) is 152 Å². The van der Waals surface area contributed by atoms with Gasteiger partial charge in [0.05, 0.1) is 33.4 Å². The first-order chi connectivity index (χ1) is 22.3. The Morgan fingerprint density at radius 1 is 0.467 bits per heavy atom. The lowest BCUT2D eigenvalue weighted by Crippen LogP contribution is -1.97. The van der Waals surface area contributed by atoms with Crippen molar-refractivity contribution in [3.8, 4) is 22.6 Å². The van der Waals surface area contributed by atoms with E-state index in [4.69, 9.17) is 9.40 Å². The predicted molar refractivity (Wildman–Crippen MR) is 186 cm³/mol. The molecule has 0 saturated carbocycles. The van der Waals surface area contributed by atoms with Gasteiger partial charge in [0.15, 0.2) is 5.58 Å². The van der Waals surface area contributed by atoms with Crippen LogP contribution in [0.5, 0.6) is 0 Å². The number of rotatable bonds is 3. The monoisotopic (exact) mass is 575 g/mol. The molecule has 0 spiro atoms. The van der Waals surface area contributed by atoms with Crippen LogP contribution in [0.3, 0.4) is 0 Å². The molecule has 0 saturated heterocycles. The van der Waals surface area contributed by atoms with Crippen LogP contribution in [0.25, 0.3) is 88.3 Å². The number of benzene rings is 6. The van der Waals surface area contributed by atoms with Gasteiger partial charge in [-0.1, -0.05) is 97.1 Å². The first-order valence-corrected chi connectivity index (χ1v) is 15.2. The van der Waals surface area contributed by atoms with E-state index in [2.05, 4.69) is 137 Å². The zero-order chi connectivity index (χ0) is 29.5. The maximum Gasteiger partial charge on any atom is 0.177 e. The van der Waals surface area contributed by atoms with Crippen molar-refractivity contribution in [1.29, 1.82) is 0 Å². The lowest BCUT2D eigenvalue weighted by Gasteiger charge is -2.11. The third-order valence-electron chi connectivity index (χ3n) is 9.10. The molecule has 4 heteroatoms. The van der Waals surface area contributed by atoms with Crippen LogP contribution in [0.1, 0.15) is 0 Å². The molecular formula is C41H25N3O. The molecule has 0 fully saturated rings. The normalized spacial score (nSPS) is 12.0. The van der Waals surface area contributed by atoms with Crippen LogP contribution in [0.15, 0.2) is 156 Å². The van der Waals surface area contributed by atoms with E-state index in [1.807, 2.05) is 24.3 Å². The lowest BCUT2D eigenvalue weighted by atomic mass is 10.1. The van der Waals surface area contributed by atoms with Gasteiger partial charge in [0.25, 0.3) is 0 Å². The summed E-state index contributed by atoms with van der Waals surface area (Å²) in [7, 11) is 0. The van der Waals surface area contributed by atoms with Gasteiger partial charge in [-0.25, -0.2) is 4.98 Å². The Morgan fingerprint density at radius 3 is 1.73 bits per heavy atom. The average molecular weight is 576 g/mol. The van der Waals surface area contributed by atoms with Gasteiger partial charge in [0.1, 0.15) is 11.1 Å². The Balaban J connectivity index is 1.40. The van der Waals surface area contributed by atoms with Crippen LogP contribution in [-0.4, -0.2) is 14.1 Å². The molecule has 0 aliphatic rings. The number of aromatic nitrogens is 3. The number of hydrogen-bond donors (Lipinski definition) is 0. The minimum absolute atomic E-state index is 0.783. The molecule has 10 aromatic rings. The highest BCUT2D eigenvalue weighted by atomic mass is 16.3. The van der Waals surface area contributed by atoms with E-state index in [9.17, 15) is 0 Å². The van der Waals surface area contributed by atoms with E-state index in [-0.39, 0.29) is 0 Å². The van der Waals surface area contributed by atoms with Crippen LogP contribution >= 0.6 is 0 Å². The van der Waals surface area contributed by atoms with Crippen LogP contribution in [-0.2, 0) is 0 Å². The number of fused-ring (bicyclic) bond motifs is 10. The number of furan rings is 1. The van der Waals surface area contributed by atoms with E-state index in [0.717, 1.165) is 55.7 Å². The zero-order valence-electron chi connectivity index (χ0n) is 24.2. The van der Waals surface area contributed by atoms with Crippen LogP contribution < -0.4 is 0 Å². The zero-order valence-corrected chi connectivity index (χ0v) is 24.2. The van der Waals surface area contributed by atoms with Gasteiger partial charge in [-0.3, -0.25) is 0 Å². The van der Waals surface area contributed by atoms with E-state index in [1.54, 1.807) is 0 Å². The molecule has 0 aliphatic heterocycles. The third-order valence-corrected chi connectivity index (χ3v) is 9.10. The molecule has 4 aromatic heterocycles. The summed E-state index contributed by atoms with van der Waals surface area (Å²) in [6.45, 7) is 0. The Kier molecular flexibility index (Phi) is 4.96. The highest BCUT2D eigenvalue weighted by molar-refractivity contribution is 6.29. The second-order valence-corrected chi connectivity index (χ2v) is 11.6. The smallest absolute Gasteiger partial charge is 0.177 e. The number of nitrogens with zero attached hydrogens (tertiary/aromatic N) is 3. The summed E-state index contributed by atoms with van der Waals surface area (Å²) in [6, 6.07) is 53.4. The van der Waals surface area contributed by atoms with Gasteiger partial charge >= 0.3 is 0 Å². The summed E-state index contributed by atoms with van der Waals surface area (Å²) in [6.07, 6.45) is 0. The first-order valence-electron chi connectivity index (χ1n) is 15.2. The van der Waals surface area contributed by atoms with E-state index in [0.29, 0.717) is 0 Å². The van der Waals surface area contributed by atoms with Crippen molar-refractivity contribution in [3.63, 3.8) is 0 Å². The van der Waals surface area contributed by atoms with Gasteiger partial charge in [0, 0.05) is 38.2 Å². The van der Waals surface area contributed by atoms with Crippen molar-refractivity contribution in [2.45, 2.75) is 0 Å². The minimum atomic E-state index is 0.783. The largest absolute Gasteiger partial charge is 0.452 e. The highest BCUT2D eigenvalue weighted by Crippen LogP contribution is 2.44. The number of pyridine rings is 1. The lowest BCUT2D eigenvalue weighted by molar-refractivity contribution is 0.665. The standard InChI is InChI=1S/C41H25N3O/c1-3-13-26(14-4-1)31-25-36(41-40(42-31)30-19-9-12-22-37(30)45-41)44-33-21-11-8-18-29(33)39-35(44)24-23-34-38(39)28-17-7-10-20-32(28)43(34)27-15-5-2-6-16-27/h1-25H. The second kappa shape index (κ2) is 9.18. The summed E-state index contributed by atoms with van der Waals surface area (Å²) < 4.78 is 11.4. The molecule has 0 N–H and O–H groups in total. The Labute approximate surface area is 258 Å². The highest BCUT2D eigenvalue weighted by Gasteiger charge is 2.23. The minimum Gasteiger partial charge on any atom is -0.452 e. The molecule has 210 valence electrons. The fourth-order valence-electron chi connectivity index (χ4n) is 7.22. The van der Waals surface area contributed by atoms with Gasteiger partial charge < -0.3 is 13.6 Å². The molecule has 0 bridgehead atoms. The van der Waals surface area contributed by atoms with Gasteiger partial charge in [0.2, 0.25) is 0 Å². The summed E-state index contributed by atoms with van der Waals surface area (Å²) in [4.78, 5) is 5.18. The molecule has 4 nitrogen and oxygen atoms in total. The van der Waals surface area contributed by atoms with Gasteiger partial charge in [-0.2, -0.15) is 0 Å². The quantitative estimate of drug-likeness (QED) is 0.210. The molecule has 0 amide bonds. The Bertz CT molecular complexity index is 2750. The van der Waals surface area contributed by atoms with Crippen LogP contribution in [0.4, 0.5) is 0 Å². The van der Waals surface area contributed by atoms with Crippen LogP contribution in [0.2, 0.25) is 0 Å². The average Bonchev–Trinajstić information content (AvgIpc) is 3.76. The summed E-state index contributed by atoms with van der Waals surface area (Å²) in [5.41, 5.74) is 11.2. The van der Waals surface area contributed by atoms with Crippen molar-refractivity contribution >= 4 is 65.7 Å². The Hall–Kier alpha value is -6.13. The fraction of sp³-hybridized carbons (Fsp3) is 0. The van der Waals surface area contributed by atoms with Crippen molar-refractivity contribution in [2.75, 3.05) is 0 Å². The fourth-order valence-corrected chi connectivity index (χ4v) is 7.22. The molecule has 4 heterocycles. The topological polar surface area (TPSA) is 35.9 Å². The van der Waals surface area contributed by atoms with E-state index >= 15 is 0 Å². The summed E-state index contributed by atoms with van der Waals surface area (Å²) in [5, 5.41) is 5.94. The predicted octanol–water partition coefficient (Wildman–Crippen LogP) is 10.8. The number of para-hydroxylation sites is 4. The second-order valence-electron chi connectivity index (χ2n) is 11.6. The first kappa shape index (κ1) is 24.3. The molecule has 6 aromatic carbocycles. The van der Waals surface area contributed by atoms with E-state index < -0.39 is 0 Å². The third kappa shape index (κ3) is 3.39. The molecule has 0 unspecified atom stereocenters. The van der Waals surface area contributed by atoms with Crippen molar-refractivity contribution in [2.24, 2.45) is 0 Å². The molecular weight excluding hydrogens is 550 g/mol. The number of hydrogen-bond acceptors (Lipinski definition) is 2. The van der Waals surface area contributed by atoms with Gasteiger partial charge in [-0.15, -0.1) is 0 Å². The molecule has 0 aliphatic carbocycles. The SMILES string of the molecule is c1ccc(-c2cc(-n3c4ccccc4c4c5c6ccccc6n(-c6ccccc6)c5ccc43)c3oc4ccccc4c3n2)cc1.